The van der Waals surface area contributed by atoms with Crippen molar-refractivity contribution in [2.75, 3.05) is 32.7 Å². The number of nitrogens with two attached hydrogens (primary N) is 1. The van der Waals surface area contributed by atoms with Crippen molar-refractivity contribution in [1.29, 1.82) is 0 Å². The molecular weight excluding hydrogens is 261 g/mol. The predicted molar refractivity (Wildman–Crippen MR) is 67.5 cm³/mol. The Hall–Kier alpha value is 0.967. The van der Waals surface area contributed by atoms with Gasteiger partial charge in [0.05, 0.1) is 0 Å². The summed E-state index contributed by atoms with van der Waals surface area (Å²) >= 11 is 17.2. The van der Waals surface area contributed by atoms with E-state index < -0.39 is 6.00 Å². The Bertz CT molecular complexity index is 132. The van der Waals surface area contributed by atoms with Crippen LogP contribution in [0.5, 0.6) is 0 Å². The van der Waals surface area contributed by atoms with E-state index in [4.69, 9.17) is 39.0 Å². The zero-order valence-electron chi connectivity index (χ0n) is 8.16. The molecule has 0 radical (unpaired) electrons. The highest BCUT2D eigenvalue weighted by Crippen LogP contribution is 2.25. The summed E-state index contributed by atoms with van der Waals surface area (Å²) in [4.78, 5) is 0. The molecule has 0 aromatic carbocycles. The van der Waals surface area contributed by atoms with Crippen LogP contribution in [0.2, 0.25) is 6.04 Å². The lowest BCUT2D eigenvalue weighted by molar-refractivity contribution is 0.610. The van der Waals surface area contributed by atoms with Gasteiger partial charge in [0.15, 0.2) is 0 Å². The molecular formula is C7H18Cl3N3Si. The summed E-state index contributed by atoms with van der Waals surface area (Å²) in [5, 5.41) is 6.45. The van der Waals surface area contributed by atoms with Crippen LogP contribution in [0.4, 0.5) is 0 Å². The van der Waals surface area contributed by atoms with Gasteiger partial charge in [0, 0.05) is 26.2 Å². The highest BCUT2D eigenvalue weighted by atomic mass is 35.8. The molecule has 86 valence electrons. The van der Waals surface area contributed by atoms with E-state index in [1.165, 1.54) is 0 Å². The van der Waals surface area contributed by atoms with E-state index >= 15 is 0 Å². The number of hydrogen-bond acceptors (Lipinski definition) is 3. The molecule has 4 N–H and O–H groups in total. The van der Waals surface area contributed by atoms with Crippen molar-refractivity contribution in [2.45, 2.75) is 12.5 Å². The Morgan fingerprint density at radius 2 is 1.50 bits per heavy atom. The summed E-state index contributed by atoms with van der Waals surface area (Å²) in [6, 6.07) is -1.67. The highest BCUT2D eigenvalue weighted by molar-refractivity contribution is 7.64. The Morgan fingerprint density at radius 3 is 2.00 bits per heavy atom. The Morgan fingerprint density at radius 1 is 0.929 bits per heavy atom. The van der Waals surface area contributed by atoms with Crippen LogP contribution in [0.25, 0.3) is 0 Å². The number of hydrogen-bond donors (Lipinski definition) is 3. The average molecular weight is 279 g/mol. The first-order valence-corrected chi connectivity index (χ1v) is 9.99. The van der Waals surface area contributed by atoms with Crippen LogP contribution in [0.15, 0.2) is 0 Å². The van der Waals surface area contributed by atoms with Crippen LogP contribution in [-0.2, 0) is 0 Å². The molecule has 0 aliphatic carbocycles. The smallest absolute Gasteiger partial charge is 0.329 e. The van der Waals surface area contributed by atoms with E-state index in [2.05, 4.69) is 10.6 Å². The molecule has 0 bridgehead atoms. The lowest BCUT2D eigenvalue weighted by Crippen LogP contribution is -2.31. The van der Waals surface area contributed by atoms with E-state index in [9.17, 15) is 0 Å². The van der Waals surface area contributed by atoms with Crippen LogP contribution in [0.1, 0.15) is 6.42 Å². The van der Waals surface area contributed by atoms with Crippen LogP contribution in [-0.4, -0.2) is 38.7 Å². The van der Waals surface area contributed by atoms with Gasteiger partial charge in [-0.05, 0) is 19.0 Å². The van der Waals surface area contributed by atoms with E-state index in [-0.39, 0.29) is 0 Å². The summed E-state index contributed by atoms with van der Waals surface area (Å²) in [5.41, 5.74) is 5.32. The SMILES string of the molecule is NCCNCCNCCC[Si](Cl)(Cl)Cl. The molecule has 0 saturated carbocycles. The Balaban J connectivity index is 2.99. The van der Waals surface area contributed by atoms with Crippen LogP contribution in [0, 0.1) is 0 Å². The molecule has 0 fully saturated rings. The van der Waals surface area contributed by atoms with Gasteiger partial charge in [-0.15, -0.1) is 33.2 Å². The fourth-order valence-corrected chi connectivity index (χ4v) is 2.72. The minimum Gasteiger partial charge on any atom is -0.329 e. The molecule has 0 spiro atoms. The molecule has 0 amide bonds. The molecule has 14 heavy (non-hydrogen) atoms. The van der Waals surface area contributed by atoms with Gasteiger partial charge < -0.3 is 16.4 Å². The van der Waals surface area contributed by atoms with Crippen LogP contribution >= 0.6 is 33.2 Å². The highest BCUT2D eigenvalue weighted by Gasteiger charge is 2.23. The molecule has 7 heteroatoms. The summed E-state index contributed by atoms with van der Waals surface area (Å²) < 4.78 is 0. The van der Waals surface area contributed by atoms with Crippen molar-refractivity contribution in [3.05, 3.63) is 0 Å². The van der Waals surface area contributed by atoms with Gasteiger partial charge in [0.25, 0.3) is 0 Å². The van der Waals surface area contributed by atoms with Gasteiger partial charge >= 0.3 is 6.00 Å². The number of rotatable bonds is 9. The summed E-state index contributed by atoms with van der Waals surface area (Å²) in [7, 11) is 0. The normalized spacial score (nSPS) is 12.0. The van der Waals surface area contributed by atoms with E-state index in [1.807, 2.05) is 0 Å². The summed E-state index contributed by atoms with van der Waals surface area (Å²) in [5.74, 6) is 0. The van der Waals surface area contributed by atoms with Gasteiger partial charge in [-0.25, -0.2) is 0 Å². The summed E-state index contributed by atoms with van der Waals surface area (Å²) in [6.07, 6.45) is 0.930. The lowest BCUT2D eigenvalue weighted by Gasteiger charge is -2.08. The Kier molecular flexibility index (Phi) is 9.85. The molecule has 0 saturated heterocycles. The first-order chi connectivity index (χ1) is 6.56. The fourth-order valence-electron chi connectivity index (χ4n) is 0.943. The van der Waals surface area contributed by atoms with Gasteiger partial charge in [0.2, 0.25) is 0 Å². The molecule has 0 atom stereocenters. The van der Waals surface area contributed by atoms with Crippen molar-refractivity contribution in [3.8, 4) is 0 Å². The maximum absolute atomic E-state index is 5.73. The standard InChI is InChI=1S/C7H18Cl3N3Si/c8-14(9,10)7-1-3-12-5-6-13-4-2-11/h12-13H,1-7,11H2. The molecule has 0 aliphatic rings. The number of halogens is 3. The molecule has 0 rings (SSSR count). The van der Waals surface area contributed by atoms with Crippen molar-refractivity contribution < 1.29 is 0 Å². The second-order valence-electron chi connectivity index (χ2n) is 3.01. The van der Waals surface area contributed by atoms with Crippen LogP contribution in [0.3, 0.4) is 0 Å². The Labute approximate surface area is 101 Å². The third-order valence-electron chi connectivity index (χ3n) is 1.61. The maximum Gasteiger partial charge on any atom is 0.341 e. The third kappa shape index (κ3) is 13.0. The van der Waals surface area contributed by atoms with Gasteiger partial charge in [0.1, 0.15) is 0 Å². The predicted octanol–water partition coefficient (Wildman–Crippen LogP) is 1.17. The maximum atomic E-state index is 5.73. The minimum absolute atomic E-state index is 0.679. The van der Waals surface area contributed by atoms with Crippen molar-refractivity contribution >= 4 is 39.2 Å². The first kappa shape index (κ1) is 15.0. The van der Waals surface area contributed by atoms with Gasteiger partial charge in [-0.2, -0.15) is 0 Å². The van der Waals surface area contributed by atoms with Gasteiger partial charge in [-0.1, -0.05) is 0 Å². The average Bonchev–Trinajstić information content (AvgIpc) is 2.08. The first-order valence-electron chi connectivity index (χ1n) is 4.74. The minimum atomic E-state index is -2.39. The monoisotopic (exact) mass is 277 g/mol. The lowest BCUT2D eigenvalue weighted by atomic mass is 10.4. The molecule has 0 aromatic rings. The van der Waals surface area contributed by atoms with Crippen molar-refractivity contribution in [1.82, 2.24) is 10.6 Å². The van der Waals surface area contributed by atoms with Crippen LogP contribution < -0.4 is 16.4 Å². The summed E-state index contributed by atoms with van der Waals surface area (Å²) in [6.45, 7) is 4.32. The third-order valence-corrected chi connectivity index (χ3v) is 4.23. The molecule has 0 heterocycles. The zero-order chi connectivity index (χ0) is 10.9. The van der Waals surface area contributed by atoms with Gasteiger partial charge in [-0.3, -0.25) is 0 Å². The van der Waals surface area contributed by atoms with E-state index in [0.29, 0.717) is 6.54 Å². The second-order valence-corrected chi connectivity index (χ2v) is 12.3. The number of nitrogens with one attached hydrogen (secondary N) is 2. The largest absolute Gasteiger partial charge is 0.341 e. The quantitative estimate of drug-likeness (QED) is 0.337. The van der Waals surface area contributed by atoms with E-state index in [0.717, 1.165) is 38.6 Å². The molecule has 0 unspecified atom stereocenters. The molecule has 0 aliphatic heterocycles. The fraction of sp³-hybridized carbons (Fsp3) is 1.00. The van der Waals surface area contributed by atoms with Crippen molar-refractivity contribution in [3.63, 3.8) is 0 Å². The van der Waals surface area contributed by atoms with E-state index in [1.54, 1.807) is 0 Å². The second kappa shape index (κ2) is 9.21. The zero-order valence-corrected chi connectivity index (χ0v) is 11.4. The molecule has 3 nitrogen and oxygen atoms in total. The molecule has 0 aromatic heterocycles. The topological polar surface area (TPSA) is 50.1 Å². The van der Waals surface area contributed by atoms with Crippen molar-refractivity contribution in [2.24, 2.45) is 5.73 Å².